The van der Waals surface area contributed by atoms with Crippen LogP contribution in [0.15, 0.2) is 79.1 Å². The number of hydrogen-bond acceptors (Lipinski definition) is 7. The van der Waals surface area contributed by atoms with Crippen molar-refractivity contribution in [3.8, 4) is 0 Å². The number of nitrogens with one attached hydrogen (secondary N) is 2. The fraction of sp³-hybridized carbons (Fsp3) is 0.323. The third kappa shape index (κ3) is 7.36. The Morgan fingerprint density at radius 3 is 2.34 bits per heavy atom. The minimum absolute atomic E-state index is 0.0162. The van der Waals surface area contributed by atoms with E-state index in [0.717, 1.165) is 27.7 Å². The van der Waals surface area contributed by atoms with Gasteiger partial charge in [0.15, 0.2) is 6.29 Å². The number of benzene rings is 3. The zero-order valence-electron chi connectivity index (χ0n) is 22.6. The van der Waals surface area contributed by atoms with Gasteiger partial charge in [-0.1, -0.05) is 48.5 Å². The number of fused-ring (bicyclic) bond motifs is 1. The monoisotopic (exact) mass is 558 g/mol. The fourth-order valence-electron chi connectivity index (χ4n) is 4.98. The second kappa shape index (κ2) is 13.5. The summed E-state index contributed by atoms with van der Waals surface area (Å²) in [6.45, 7) is 0.595. The summed E-state index contributed by atoms with van der Waals surface area (Å²) in [7, 11) is 0. The molecule has 10 heteroatoms. The lowest BCUT2D eigenvalue weighted by Crippen LogP contribution is -2.32. The zero-order valence-corrected chi connectivity index (χ0v) is 22.6. The van der Waals surface area contributed by atoms with Crippen LogP contribution in [-0.4, -0.2) is 37.8 Å². The normalized spacial score (nSPS) is 18.7. The Balaban J connectivity index is 1.27. The highest BCUT2D eigenvalue weighted by molar-refractivity contribution is 5.90. The number of aliphatic hydroxyl groups is 1. The van der Waals surface area contributed by atoms with Gasteiger partial charge in [0, 0.05) is 30.5 Å². The Hall–Kier alpha value is -4.09. The van der Waals surface area contributed by atoms with Gasteiger partial charge in [-0.25, -0.2) is 10.5 Å². The standard InChI is InChI=1S/C31H34N4O6/c36-19-21-9-11-22(12-10-21)28-17-25(18-35-20-32-26-5-1-2-6-27(26)35)40-31(41-28)23-13-15-24(16-14-23)33-29(37)7-3-4-8-30(38)34-39/h1-2,5-6,9-16,20,25,28,31,36,39H,3-4,7-8,17-19H2,(H,33,37)(H,34,38)/t25-,28+,31+/m0/s1. The van der Waals surface area contributed by atoms with Gasteiger partial charge in [-0.05, 0) is 48.2 Å². The number of aliphatic hydroxyl groups excluding tert-OH is 1. The number of hydroxylamine groups is 1. The van der Waals surface area contributed by atoms with Crippen molar-refractivity contribution in [2.24, 2.45) is 0 Å². The van der Waals surface area contributed by atoms with Crippen LogP contribution in [0.1, 0.15) is 61.2 Å². The first-order valence-electron chi connectivity index (χ1n) is 13.8. The van der Waals surface area contributed by atoms with Gasteiger partial charge in [-0.15, -0.1) is 0 Å². The predicted molar refractivity (Wildman–Crippen MR) is 152 cm³/mol. The second-order valence-electron chi connectivity index (χ2n) is 10.1. The molecule has 3 aromatic carbocycles. The maximum absolute atomic E-state index is 12.3. The molecule has 10 nitrogen and oxygen atoms in total. The number of aromatic nitrogens is 2. The molecule has 0 radical (unpaired) electrons. The predicted octanol–water partition coefficient (Wildman–Crippen LogP) is 4.78. The van der Waals surface area contributed by atoms with Crippen LogP contribution in [0.5, 0.6) is 0 Å². The third-order valence-corrected chi connectivity index (χ3v) is 7.19. The highest BCUT2D eigenvalue weighted by Crippen LogP contribution is 2.39. The zero-order chi connectivity index (χ0) is 28.6. The molecule has 3 atom stereocenters. The summed E-state index contributed by atoms with van der Waals surface area (Å²) in [4.78, 5) is 27.9. The van der Waals surface area contributed by atoms with Crippen molar-refractivity contribution in [3.63, 3.8) is 0 Å². The van der Waals surface area contributed by atoms with Crippen LogP contribution in [0, 0.1) is 0 Å². The Bertz CT molecular complexity index is 1450. The molecule has 0 bridgehead atoms. The lowest BCUT2D eigenvalue weighted by atomic mass is 10.00. The topological polar surface area (TPSA) is 135 Å². The van der Waals surface area contributed by atoms with E-state index in [4.69, 9.17) is 14.7 Å². The number of para-hydroxylation sites is 2. The van der Waals surface area contributed by atoms with E-state index in [2.05, 4.69) is 14.9 Å². The van der Waals surface area contributed by atoms with Gasteiger partial charge in [0.25, 0.3) is 0 Å². The van der Waals surface area contributed by atoms with Gasteiger partial charge < -0.3 is 24.5 Å². The molecule has 2 heterocycles. The molecule has 1 saturated heterocycles. The molecular weight excluding hydrogens is 524 g/mol. The van der Waals surface area contributed by atoms with Crippen LogP contribution >= 0.6 is 0 Å². The fourth-order valence-corrected chi connectivity index (χ4v) is 4.98. The average molecular weight is 559 g/mol. The summed E-state index contributed by atoms with van der Waals surface area (Å²) in [5.41, 5.74) is 6.89. The van der Waals surface area contributed by atoms with Crippen LogP contribution in [0.25, 0.3) is 11.0 Å². The summed E-state index contributed by atoms with van der Waals surface area (Å²) >= 11 is 0. The highest BCUT2D eigenvalue weighted by Gasteiger charge is 2.32. The number of anilines is 1. The maximum atomic E-state index is 12.3. The summed E-state index contributed by atoms with van der Waals surface area (Å²) in [6, 6.07) is 23.2. The van der Waals surface area contributed by atoms with E-state index in [1.807, 2.05) is 79.1 Å². The molecule has 0 aliphatic carbocycles. The van der Waals surface area contributed by atoms with Gasteiger partial charge >= 0.3 is 0 Å². The Kier molecular flexibility index (Phi) is 9.37. The van der Waals surface area contributed by atoms with Gasteiger partial charge in [-0.3, -0.25) is 14.8 Å². The summed E-state index contributed by atoms with van der Waals surface area (Å²) < 4.78 is 15.0. The van der Waals surface area contributed by atoms with E-state index in [1.165, 1.54) is 0 Å². The quantitative estimate of drug-likeness (QED) is 0.118. The summed E-state index contributed by atoms with van der Waals surface area (Å²) in [6.07, 6.45) is 2.99. The van der Waals surface area contributed by atoms with Gasteiger partial charge in [0.1, 0.15) is 0 Å². The van der Waals surface area contributed by atoms with E-state index >= 15 is 0 Å². The van der Waals surface area contributed by atoms with Crippen LogP contribution in [0.3, 0.4) is 0 Å². The first-order valence-corrected chi connectivity index (χ1v) is 13.8. The number of ether oxygens (including phenoxy) is 2. The summed E-state index contributed by atoms with van der Waals surface area (Å²) in [5, 5.41) is 20.9. The van der Waals surface area contributed by atoms with E-state index in [0.29, 0.717) is 31.5 Å². The number of rotatable bonds is 11. The molecule has 1 aliphatic heterocycles. The van der Waals surface area contributed by atoms with Crippen LogP contribution in [0.2, 0.25) is 0 Å². The number of unbranched alkanes of at least 4 members (excludes halogenated alkanes) is 1. The van der Waals surface area contributed by atoms with Crippen LogP contribution in [0.4, 0.5) is 5.69 Å². The van der Waals surface area contributed by atoms with E-state index < -0.39 is 12.2 Å². The van der Waals surface area contributed by atoms with Gasteiger partial charge in [0.2, 0.25) is 11.8 Å². The molecule has 0 saturated carbocycles. The molecule has 5 rings (SSSR count). The molecule has 214 valence electrons. The molecule has 0 spiro atoms. The third-order valence-electron chi connectivity index (χ3n) is 7.19. The number of nitrogens with zero attached hydrogens (tertiary/aromatic N) is 2. The molecule has 1 fully saturated rings. The Morgan fingerprint density at radius 1 is 0.902 bits per heavy atom. The minimum Gasteiger partial charge on any atom is -0.392 e. The van der Waals surface area contributed by atoms with Crippen molar-refractivity contribution in [2.75, 3.05) is 5.32 Å². The first kappa shape index (κ1) is 28.4. The Labute approximate surface area is 237 Å². The van der Waals surface area contributed by atoms with Crippen molar-refractivity contribution in [2.45, 2.75) is 63.8 Å². The number of carbonyl (C=O) groups is 2. The Morgan fingerprint density at radius 2 is 1.61 bits per heavy atom. The first-order chi connectivity index (χ1) is 20.0. The smallest absolute Gasteiger partial charge is 0.243 e. The number of amides is 2. The highest BCUT2D eigenvalue weighted by atomic mass is 16.7. The average Bonchev–Trinajstić information content (AvgIpc) is 3.42. The van der Waals surface area contributed by atoms with Gasteiger partial charge in [0.05, 0.1) is 42.7 Å². The molecule has 4 aromatic rings. The molecule has 41 heavy (non-hydrogen) atoms. The number of imidazole rings is 1. The largest absolute Gasteiger partial charge is 0.392 e. The maximum Gasteiger partial charge on any atom is 0.243 e. The SMILES string of the molecule is O=C(CCCCC(=O)Nc1ccc([C@@H]2O[C@H](Cn3cnc4ccccc43)C[C@H](c3ccc(CO)cc3)O2)cc1)NO. The number of hydrogen-bond donors (Lipinski definition) is 4. The molecule has 1 aliphatic rings. The lowest BCUT2D eigenvalue weighted by molar-refractivity contribution is -0.252. The molecule has 1 aromatic heterocycles. The number of carbonyl (C=O) groups excluding carboxylic acids is 2. The van der Waals surface area contributed by atoms with E-state index in [1.54, 1.807) is 5.48 Å². The van der Waals surface area contributed by atoms with Crippen molar-refractivity contribution in [3.05, 3.63) is 95.8 Å². The molecular formula is C31H34N4O6. The molecule has 4 N–H and O–H groups in total. The van der Waals surface area contributed by atoms with E-state index in [-0.39, 0.29) is 37.6 Å². The van der Waals surface area contributed by atoms with Crippen LogP contribution < -0.4 is 10.8 Å². The van der Waals surface area contributed by atoms with Crippen LogP contribution in [-0.2, 0) is 32.2 Å². The van der Waals surface area contributed by atoms with Crippen molar-refractivity contribution in [1.82, 2.24) is 15.0 Å². The van der Waals surface area contributed by atoms with Crippen molar-refractivity contribution < 1.29 is 29.4 Å². The van der Waals surface area contributed by atoms with Crippen molar-refractivity contribution >= 4 is 28.5 Å². The van der Waals surface area contributed by atoms with E-state index in [9.17, 15) is 14.7 Å². The summed E-state index contributed by atoms with van der Waals surface area (Å²) in [5.74, 6) is -0.607. The molecule has 0 unspecified atom stereocenters. The lowest BCUT2D eigenvalue weighted by Gasteiger charge is -2.36. The second-order valence-corrected chi connectivity index (χ2v) is 10.1. The minimum atomic E-state index is -0.617. The molecule has 2 amide bonds. The van der Waals surface area contributed by atoms with Gasteiger partial charge in [-0.2, -0.15) is 0 Å². The van der Waals surface area contributed by atoms with Crippen molar-refractivity contribution in [1.29, 1.82) is 0 Å².